The van der Waals surface area contributed by atoms with E-state index in [9.17, 15) is 0 Å². The van der Waals surface area contributed by atoms with Gasteiger partial charge in [0.1, 0.15) is 0 Å². The lowest BCUT2D eigenvalue weighted by atomic mass is 9.90. The highest BCUT2D eigenvalue weighted by atomic mass is 127. The summed E-state index contributed by atoms with van der Waals surface area (Å²) >= 11 is 2.78. The molecule has 0 aliphatic carbocycles. The number of hydrogen-bond acceptors (Lipinski definition) is 0. The molecule has 0 aliphatic heterocycles. The lowest BCUT2D eigenvalue weighted by Gasteiger charge is -2.22. The van der Waals surface area contributed by atoms with E-state index in [4.69, 9.17) is 0 Å². The van der Waals surface area contributed by atoms with Crippen molar-refractivity contribution in [2.24, 2.45) is 5.92 Å². The number of halogens is 1. The number of alkyl halides is 1. The average Bonchev–Trinajstić information content (AvgIpc) is 2.62. The number of unbranched alkanes of at least 4 members (excludes halogenated alkanes) is 13. The van der Waals surface area contributed by atoms with Crippen LogP contribution in [0.4, 0.5) is 0 Å². The molecule has 2 unspecified atom stereocenters. The van der Waals surface area contributed by atoms with Crippen molar-refractivity contribution in [2.75, 3.05) is 0 Å². The van der Waals surface area contributed by atoms with E-state index in [1.165, 1.54) is 122 Å². The van der Waals surface area contributed by atoms with Crippen LogP contribution >= 0.6 is 22.6 Å². The summed E-state index contributed by atoms with van der Waals surface area (Å²) in [5.74, 6) is 0.991. The standard InChI is InChI=1S/C24H49I/c1-4-7-9-11-13-15-16-18-21-23(20-6-3)24(25)22-19-17-14-12-10-8-5-2/h23-24H,4-22H2,1-3H3. The van der Waals surface area contributed by atoms with Crippen LogP contribution < -0.4 is 0 Å². The minimum absolute atomic E-state index is 0.928. The van der Waals surface area contributed by atoms with E-state index in [-0.39, 0.29) is 0 Å². The smallest absolute Gasteiger partial charge is 0.0138 e. The third-order valence-corrected chi connectivity index (χ3v) is 7.32. The molecule has 0 aromatic heterocycles. The van der Waals surface area contributed by atoms with Crippen LogP contribution in [0.1, 0.15) is 143 Å². The molecule has 152 valence electrons. The molecular formula is C24H49I. The van der Waals surface area contributed by atoms with Gasteiger partial charge in [-0.1, -0.05) is 146 Å². The van der Waals surface area contributed by atoms with Crippen molar-refractivity contribution < 1.29 is 0 Å². The topological polar surface area (TPSA) is 0 Å². The van der Waals surface area contributed by atoms with Gasteiger partial charge in [-0.15, -0.1) is 0 Å². The molecule has 1 heteroatoms. The zero-order valence-electron chi connectivity index (χ0n) is 18.0. The molecule has 0 amide bonds. The highest BCUT2D eigenvalue weighted by molar-refractivity contribution is 14.1. The van der Waals surface area contributed by atoms with Gasteiger partial charge in [0, 0.05) is 3.92 Å². The van der Waals surface area contributed by atoms with Crippen LogP contribution in [0, 0.1) is 5.92 Å². The van der Waals surface area contributed by atoms with Gasteiger partial charge in [0.25, 0.3) is 0 Å². The summed E-state index contributed by atoms with van der Waals surface area (Å²) in [5.41, 5.74) is 0. The summed E-state index contributed by atoms with van der Waals surface area (Å²) in [6.07, 6.45) is 27.6. The van der Waals surface area contributed by atoms with Gasteiger partial charge >= 0.3 is 0 Å². The molecule has 2 atom stereocenters. The van der Waals surface area contributed by atoms with Gasteiger partial charge in [-0.25, -0.2) is 0 Å². The normalized spacial score (nSPS) is 13.9. The second-order valence-electron chi connectivity index (χ2n) is 8.24. The zero-order chi connectivity index (χ0) is 18.6. The quantitative estimate of drug-likeness (QED) is 0.0955. The fourth-order valence-electron chi connectivity index (χ4n) is 3.95. The third-order valence-electron chi connectivity index (χ3n) is 5.68. The molecule has 0 fully saturated rings. The summed E-state index contributed by atoms with van der Waals surface area (Å²) in [5, 5.41) is 0. The van der Waals surface area contributed by atoms with Crippen molar-refractivity contribution in [1.29, 1.82) is 0 Å². The predicted octanol–water partition coefficient (Wildman–Crippen LogP) is 9.88. The first-order chi connectivity index (χ1) is 12.3. The van der Waals surface area contributed by atoms with Crippen molar-refractivity contribution in [3.05, 3.63) is 0 Å². The highest BCUT2D eigenvalue weighted by Crippen LogP contribution is 2.29. The lowest BCUT2D eigenvalue weighted by Crippen LogP contribution is -2.14. The van der Waals surface area contributed by atoms with Crippen molar-refractivity contribution in [1.82, 2.24) is 0 Å². The molecule has 0 aromatic carbocycles. The van der Waals surface area contributed by atoms with Crippen LogP contribution in [0.25, 0.3) is 0 Å². The number of hydrogen-bond donors (Lipinski definition) is 0. The Hall–Kier alpha value is 0.730. The van der Waals surface area contributed by atoms with Gasteiger partial charge in [-0.05, 0) is 25.2 Å². The van der Waals surface area contributed by atoms with Crippen LogP contribution in [-0.4, -0.2) is 3.92 Å². The maximum absolute atomic E-state index is 2.78. The Kier molecular flexibility index (Phi) is 21.6. The SMILES string of the molecule is CCCCCCCCCCC(CCC)C(I)CCCCCCCCC. The molecule has 0 aromatic rings. The fraction of sp³-hybridized carbons (Fsp3) is 1.00. The zero-order valence-corrected chi connectivity index (χ0v) is 20.1. The van der Waals surface area contributed by atoms with Gasteiger partial charge in [0.2, 0.25) is 0 Å². The summed E-state index contributed by atoms with van der Waals surface area (Å²) in [6.45, 7) is 6.99. The molecule has 0 N–H and O–H groups in total. The first-order valence-electron chi connectivity index (χ1n) is 11.9. The van der Waals surface area contributed by atoms with Gasteiger partial charge in [-0.3, -0.25) is 0 Å². The summed E-state index contributed by atoms with van der Waals surface area (Å²) < 4.78 is 0.928. The number of rotatable bonds is 20. The van der Waals surface area contributed by atoms with E-state index < -0.39 is 0 Å². The molecular weight excluding hydrogens is 415 g/mol. The van der Waals surface area contributed by atoms with Crippen LogP contribution in [0.2, 0.25) is 0 Å². The molecule has 0 nitrogen and oxygen atoms in total. The molecule has 0 spiro atoms. The van der Waals surface area contributed by atoms with Gasteiger partial charge in [-0.2, -0.15) is 0 Å². The van der Waals surface area contributed by atoms with Crippen LogP contribution in [0.5, 0.6) is 0 Å². The Morgan fingerprint density at radius 2 is 0.840 bits per heavy atom. The summed E-state index contributed by atoms with van der Waals surface area (Å²) in [7, 11) is 0. The largest absolute Gasteiger partial charge is 0.0823 e. The molecule has 0 rings (SSSR count). The molecule has 0 radical (unpaired) electrons. The second-order valence-corrected chi connectivity index (χ2v) is 9.84. The molecule has 0 bridgehead atoms. The maximum atomic E-state index is 2.78. The molecule has 0 saturated heterocycles. The Morgan fingerprint density at radius 3 is 1.28 bits per heavy atom. The average molecular weight is 465 g/mol. The van der Waals surface area contributed by atoms with Gasteiger partial charge in [0.15, 0.2) is 0 Å². The second kappa shape index (κ2) is 21.0. The Labute approximate surface area is 174 Å². The van der Waals surface area contributed by atoms with E-state index in [1.54, 1.807) is 0 Å². The van der Waals surface area contributed by atoms with Crippen molar-refractivity contribution in [2.45, 2.75) is 147 Å². The Bertz CT molecular complexity index is 238. The molecule has 0 saturated carbocycles. The van der Waals surface area contributed by atoms with E-state index in [2.05, 4.69) is 43.4 Å². The van der Waals surface area contributed by atoms with E-state index in [0.717, 1.165) is 9.84 Å². The first kappa shape index (κ1) is 25.7. The van der Waals surface area contributed by atoms with Crippen molar-refractivity contribution >= 4 is 22.6 Å². The van der Waals surface area contributed by atoms with E-state index >= 15 is 0 Å². The summed E-state index contributed by atoms with van der Waals surface area (Å²) in [4.78, 5) is 0. The minimum atomic E-state index is 0.928. The van der Waals surface area contributed by atoms with Crippen LogP contribution in [0.15, 0.2) is 0 Å². The van der Waals surface area contributed by atoms with Crippen molar-refractivity contribution in [3.63, 3.8) is 0 Å². The highest BCUT2D eigenvalue weighted by Gasteiger charge is 2.17. The summed E-state index contributed by atoms with van der Waals surface area (Å²) in [6, 6.07) is 0. The monoisotopic (exact) mass is 464 g/mol. The molecule has 0 heterocycles. The van der Waals surface area contributed by atoms with Crippen LogP contribution in [0.3, 0.4) is 0 Å². The Balaban J connectivity index is 3.65. The van der Waals surface area contributed by atoms with Gasteiger partial charge in [0.05, 0.1) is 0 Å². The fourth-order valence-corrected chi connectivity index (χ4v) is 5.11. The van der Waals surface area contributed by atoms with Crippen LogP contribution in [-0.2, 0) is 0 Å². The van der Waals surface area contributed by atoms with Crippen molar-refractivity contribution in [3.8, 4) is 0 Å². The van der Waals surface area contributed by atoms with E-state index in [1.807, 2.05) is 0 Å². The maximum Gasteiger partial charge on any atom is 0.0138 e. The predicted molar refractivity (Wildman–Crippen MR) is 126 cm³/mol. The first-order valence-corrected chi connectivity index (χ1v) is 13.1. The lowest BCUT2D eigenvalue weighted by molar-refractivity contribution is 0.396. The molecule has 0 aliphatic rings. The van der Waals surface area contributed by atoms with E-state index in [0.29, 0.717) is 0 Å². The van der Waals surface area contributed by atoms with Gasteiger partial charge < -0.3 is 0 Å². The molecule has 25 heavy (non-hydrogen) atoms. The minimum Gasteiger partial charge on any atom is -0.0823 e. The Morgan fingerprint density at radius 1 is 0.440 bits per heavy atom. The third kappa shape index (κ3) is 17.9.